The molecule has 136 valence electrons. The SMILES string of the molecule is COCCc1c(N(C=O)c2ccc(F)cc2F)c(C(F)(F)F)nn1C. The molecule has 0 aliphatic rings. The van der Waals surface area contributed by atoms with E-state index in [1.807, 2.05) is 0 Å². The third kappa shape index (κ3) is 3.78. The first-order valence-corrected chi connectivity index (χ1v) is 7.02. The highest BCUT2D eigenvalue weighted by molar-refractivity contribution is 5.89. The number of anilines is 2. The predicted octanol–water partition coefficient (Wildman–Crippen LogP) is 3.20. The second-order valence-corrected chi connectivity index (χ2v) is 5.08. The number of hydrogen-bond donors (Lipinski definition) is 0. The number of carbonyl (C=O) groups is 1. The Hall–Kier alpha value is -2.49. The largest absolute Gasteiger partial charge is 0.437 e. The van der Waals surface area contributed by atoms with E-state index >= 15 is 0 Å². The van der Waals surface area contributed by atoms with Crippen molar-refractivity contribution in [2.24, 2.45) is 7.05 Å². The number of benzene rings is 1. The molecule has 0 fully saturated rings. The minimum Gasteiger partial charge on any atom is -0.384 e. The summed E-state index contributed by atoms with van der Waals surface area (Å²) in [4.78, 5) is 12.0. The van der Waals surface area contributed by atoms with E-state index < -0.39 is 34.9 Å². The first kappa shape index (κ1) is 18.8. The number of amides is 1. The molecule has 0 aliphatic heterocycles. The Balaban J connectivity index is 2.69. The Kier molecular flexibility index (Phi) is 5.41. The number of halogens is 5. The summed E-state index contributed by atoms with van der Waals surface area (Å²) in [6.45, 7) is 0.0580. The number of carbonyl (C=O) groups excluding carboxylic acids is 1. The molecular weight excluding hydrogens is 349 g/mol. The Labute approximate surface area is 139 Å². The minimum absolute atomic E-state index is 0.00142. The second-order valence-electron chi connectivity index (χ2n) is 5.08. The fourth-order valence-electron chi connectivity index (χ4n) is 2.38. The molecule has 0 saturated carbocycles. The lowest BCUT2D eigenvalue weighted by molar-refractivity contribution is -0.140. The maximum atomic E-state index is 14.0. The molecule has 0 saturated heterocycles. The molecule has 0 bridgehead atoms. The topological polar surface area (TPSA) is 47.4 Å². The molecule has 0 aliphatic carbocycles. The molecule has 0 unspecified atom stereocenters. The zero-order valence-electron chi connectivity index (χ0n) is 13.3. The van der Waals surface area contributed by atoms with Crippen LogP contribution in [0.2, 0.25) is 0 Å². The summed E-state index contributed by atoms with van der Waals surface area (Å²) >= 11 is 0. The summed E-state index contributed by atoms with van der Waals surface area (Å²) in [5.74, 6) is -2.10. The number of nitrogens with zero attached hydrogens (tertiary/aromatic N) is 3. The fraction of sp³-hybridized carbons (Fsp3) is 0.333. The fourth-order valence-corrected chi connectivity index (χ4v) is 2.38. The van der Waals surface area contributed by atoms with Gasteiger partial charge in [-0.1, -0.05) is 0 Å². The van der Waals surface area contributed by atoms with Crippen LogP contribution >= 0.6 is 0 Å². The van der Waals surface area contributed by atoms with Gasteiger partial charge in [-0.15, -0.1) is 0 Å². The smallest absolute Gasteiger partial charge is 0.384 e. The van der Waals surface area contributed by atoms with Gasteiger partial charge in [0.15, 0.2) is 5.69 Å². The van der Waals surface area contributed by atoms with Gasteiger partial charge in [-0.25, -0.2) is 8.78 Å². The quantitative estimate of drug-likeness (QED) is 0.585. The molecule has 2 aromatic rings. The van der Waals surface area contributed by atoms with E-state index in [9.17, 15) is 26.7 Å². The van der Waals surface area contributed by atoms with Crippen LogP contribution < -0.4 is 4.90 Å². The number of alkyl halides is 3. The van der Waals surface area contributed by atoms with E-state index in [1.54, 1.807) is 0 Å². The highest BCUT2D eigenvalue weighted by Gasteiger charge is 2.41. The number of hydrogen-bond acceptors (Lipinski definition) is 3. The number of methoxy groups -OCH3 is 1. The Morgan fingerprint density at radius 1 is 1.32 bits per heavy atom. The Morgan fingerprint density at radius 2 is 2.00 bits per heavy atom. The number of aromatic nitrogens is 2. The van der Waals surface area contributed by atoms with Crippen molar-refractivity contribution in [2.45, 2.75) is 12.6 Å². The molecule has 0 N–H and O–H groups in total. The van der Waals surface area contributed by atoms with Gasteiger partial charge in [-0.3, -0.25) is 14.4 Å². The molecule has 1 aromatic heterocycles. The first-order chi connectivity index (χ1) is 11.7. The maximum absolute atomic E-state index is 14.0. The monoisotopic (exact) mass is 363 g/mol. The van der Waals surface area contributed by atoms with Crippen LogP contribution in [0.5, 0.6) is 0 Å². The summed E-state index contributed by atoms with van der Waals surface area (Å²) in [5.41, 5.74) is -2.47. The zero-order chi connectivity index (χ0) is 18.8. The van der Waals surface area contributed by atoms with Crippen LogP contribution in [0.4, 0.5) is 33.3 Å². The van der Waals surface area contributed by atoms with E-state index in [-0.39, 0.29) is 25.1 Å². The molecule has 10 heteroatoms. The van der Waals surface area contributed by atoms with Gasteiger partial charge in [0.1, 0.15) is 17.3 Å². The highest BCUT2D eigenvalue weighted by atomic mass is 19.4. The molecule has 1 amide bonds. The number of aryl methyl sites for hydroxylation is 1. The third-order valence-corrected chi connectivity index (χ3v) is 3.47. The second kappa shape index (κ2) is 7.18. The zero-order valence-corrected chi connectivity index (χ0v) is 13.3. The normalized spacial score (nSPS) is 11.6. The van der Waals surface area contributed by atoms with E-state index in [2.05, 4.69) is 5.10 Å². The molecular formula is C15H14F5N3O2. The van der Waals surface area contributed by atoms with Gasteiger partial charge >= 0.3 is 6.18 Å². The average molecular weight is 363 g/mol. The number of rotatable bonds is 6. The van der Waals surface area contributed by atoms with Crippen molar-refractivity contribution in [3.63, 3.8) is 0 Å². The molecule has 5 nitrogen and oxygen atoms in total. The lowest BCUT2D eigenvalue weighted by Gasteiger charge is -2.21. The Morgan fingerprint density at radius 3 is 2.52 bits per heavy atom. The predicted molar refractivity (Wildman–Crippen MR) is 78.4 cm³/mol. The third-order valence-electron chi connectivity index (χ3n) is 3.47. The number of ether oxygens (including phenoxy) is 1. The van der Waals surface area contributed by atoms with Crippen LogP contribution in [-0.4, -0.2) is 29.9 Å². The summed E-state index contributed by atoms with van der Waals surface area (Å²) < 4.78 is 72.9. The van der Waals surface area contributed by atoms with Crippen LogP contribution in [0.1, 0.15) is 11.4 Å². The molecule has 1 heterocycles. The van der Waals surface area contributed by atoms with Crippen molar-refractivity contribution in [3.8, 4) is 0 Å². The van der Waals surface area contributed by atoms with Crippen molar-refractivity contribution in [1.82, 2.24) is 9.78 Å². The van der Waals surface area contributed by atoms with Crippen molar-refractivity contribution < 1.29 is 31.5 Å². The van der Waals surface area contributed by atoms with E-state index in [4.69, 9.17) is 4.74 Å². The van der Waals surface area contributed by atoms with E-state index in [0.717, 1.165) is 16.8 Å². The van der Waals surface area contributed by atoms with Gasteiger partial charge in [0.25, 0.3) is 0 Å². The Bertz CT molecular complexity index is 773. The van der Waals surface area contributed by atoms with Gasteiger partial charge < -0.3 is 4.74 Å². The van der Waals surface area contributed by atoms with Crippen LogP contribution in [0.15, 0.2) is 18.2 Å². The average Bonchev–Trinajstić information content (AvgIpc) is 2.85. The molecule has 0 spiro atoms. The summed E-state index contributed by atoms with van der Waals surface area (Å²) in [5, 5.41) is 3.42. The van der Waals surface area contributed by atoms with Crippen LogP contribution in [0.3, 0.4) is 0 Å². The van der Waals surface area contributed by atoms with E-state index in [1.165, 1.54) is 14.2 Å². The van der Waals surface area contributed by atoms with Gasteiger partial charge in [-0.05, 0) is 12.1 Å². The van der Waals surface area contributed by atoms with Gasteiger partial charge in [0.2, 0.25) is 6.41 Å². The van der Waals surface area contributed by atoms with Gasteiger partial charge in [-0.2, -0.15) is 18.3 Å². The molecule has 0 radical (unpaired) electrons. The molecule has 2 rings (SSSR count). The van der Waals surface area contributed by atoms with Crippen molar-refractivity contribution in [3.05, 3.63) is 41.2 Å². The van der Waals surface area contributed by atoms with Crippen LogP contribution in [0.25, 0.3) is 0 Å². The van der Waals surface area contributed by atoms with Crippen molar-refractivity contribution in [1.29, 1.82) is 0 Å². The summed E-state index contributed by atoms with van der Waals surface area (Å²) in [7, 11) is 2.63. The van der Waals surface area contributed by atoms with Crippen molar-refractivity contribution >= 4 is 17.8 Å². The van der Waals surface area contributed by atoms with Gasteiger partial charge in [0, 0.05) is 26.6 Å². The van der Waals surface area contributed by atoms with Crippen LogP contribution in [-0.2, 0) is 29.2 Å². The van der Waals surface area contributed by atoms with E-state index in [0.29, 0.717) is 11.0 Å². The summed E-state index contributed by atoms with van der Waals surface area (Å²) in [6, 6.07) is 2.20. The highest BCUT2D eigenvalue weighted by Crippen LogP contribution is 2.40. The molecule has 1 aromatic carbocycles. The lowest BCUT2D eigenvalue weighted by atomic mass is 10.1. The maximum Gasteiger partial charge on any atom is 0.437 e. The standard InChI is InChI=1S/C15H14F5N3O2/c1-22-12(5-6-25-2)13(14(21-22)15(18,19)20)23(8-24)11-4-3-9(16)7-10(11)17/h3-4,7-8H,5-6H2,1-2H3. The van der Waals surface area contributed by atoms with Crippen LogP contribution in [0, 0.1) is 11.6 Å². The molecule has 0 atom stereocenters. The first-order valence-electron chi connectivity index (χ1n) is 7.02. The lowest BCUT2D eigenvalue weighted by Crippen LogP contribution is -2.21. The van der Waals surface area contributed by atoms with Crippen molar-refractivity contribution in [2.75, 3.05) is 18.6 Å². The summed E-state index contributed by atoms with van der Waals surface area (Å²) in [6.07, 6.45) is -4.85. The minimum atomic E-state index is -4.88. The molecule has 25 heavy (non-hydrogen) atoms. The van der Waals surface area contributed by atoms with Gasteiger partial charge in [0.05, 0.1) is 18.0 Å².